The number of rotatable bonds is 5. The molecule has 102 valence electrons. The molecule has 2 aromatic rings. The predicted octanol–water partition coefficient (Wildman–Crippen LogP) is 2.42. The summed E-state index contributed by atoms with van der Waals surface area (Å²) < 4.78 is 4.93. The largest absolute Gasteiger partial charge is 0.481 e. The van der Waals surface area contributed by atoms with Crippen LogP contribution in [0.1, 0.15) is 16.1 Å². The van der Waals surface area contributed by atoms with Crippen LogP contribution >= 0.6 is 0 Å². The molecule has 1 heterocycles. The Balaban J connectivity index is 2.32. The standard InChI is InChI=1S/C14H12N2O4/c1-20-14-8-7-12(16(18)19)11(15-14)9-13(17)10-5-3-2-4-6-10/h2-8H,9H2,1H3. The van der Waals surface area contributed by atoms with E-state index in [1.807, 2.05) is 0 Å². The minimum absolute atomic E-state index is 0.100. The zero-order valence-electron chi connectivity index (χ0n) is 10.8. The van der Waals surface area contributed by atoms with Crippen molar-refractivity contribution in [3.63, 3.8) is 0 Å². The highest BCUT2D eigenvalue weighted by atomic mass is 16.6. The number of aromatic nitrogens is 1. The fourth-order valence-electron chi connectivity index (χ4n) is 1.76. The Hall–Kier alpha value is -2.76. The van der Waals surface area contributed by atoms with Gasteiger partial charge in [0.05, 0.1) is 18.5 Å². The third kappa shape index (κ3) is 2.97. The number of benzene rings is 1. The van der Waals surface area contributed by atoms with Gasteiger partial charge in [-0.1, -0.05) is 30.3 Å². The van der Waals surface area contributed by atoms with Crippen LogP contribution < -0.4 is 4.74 Å². The number of methoxy groups -OCH3 is 1. The first kappa shape index (κ1) is 13.7. The topological polar surface area (TPSA) is 82.3 Å². The van der Waals surface area contributed by atoms with Gasteiger partial charge in [0.2, 0.25) is 5.88 Å². The van der Waals surface area contributed by atoms with E-state index in [9.17, 15) is 14.9 Å². The first-order valence-corrected chi connectivity index (χ1v) is 5.88. The summed E-state index contributed by atoms with van der Waals surface area (Å²) in [4.78, 5) is 26.5. The monoisotopic (exact) mass is 272 g/mol. The zero-order valence-corrected chi connectivity index (χ0v) is 10.8. The zero-order chi connectivity index (χ0) is 14.5. The maximum absolute atomic E-state index is 12.1. The van der Waals surface area contributed by atoms with Gasteiger partial charge >= 0.3 is 0 Å². The fourth-order valence-corrected chi connectivity index (χ4v) is 1.76. The fraction of sp³-hybridized carbons (Fsp3) is 0.143. The van der Waals surface area contributed by atoms with Crippen LogP contribution in [0.15, 0.2) is 42.5 Å². The Labute approximate surface area is 115 Å². The first-order chi connectivity index (χ1) is 9.61. The van der Waals surface area contributed by atoms with Crippen molar-refractivity contribution in [1.82, 2.24) is 4.98 Å². The molecule has 6 nitrogen and oxygen atoms in total. The van der Waals surface area contributed by atoms with E-state index in [1.165, 1.54) is 19.2 Å². The molecular weight excluding hydrogens is 260 g/mol. The van der Waals surface area contributed by atoms with Gasteiger partial charge in [-0.3, -0.25) is 14.9 Å². The molecule has 0 amide bonds. The van der Waals surface area contributed by atoms with Gasteiger partial charge < -0.3 is 4.74 Å². The maximum atomic E-state index is 12.1. The van der Waals surface area contributed by atoms with Gasteiger partial charge in [-0.15, -0.1) is 0 Å². The second kappa shape index (κ2) is 5.92. The van der Waals surface area contributed by atoms with Crippen LogP contribution in [0.4, 0.5) is 5.69 Å². The summed E-state index contributed by atoms with van der Waals surface area (Å²) in [6.45, 7) is 0. The van der Waals surface area contributed by atoms with E-state index in [0.717, 1.165) is 0 Å². The van der Waals surface area contributed by atoms with E-state index in [4.69, 9.17) is 4.74 Å². The van der Waals surface area contributed by atoms with E-state index in [-0.39, 0.29) is 29.5 Å². The number of Topliss-reactive ketones (excluding diaryl/α,β-unsaturated/α-hetero) is 1. The first-order valence-electron chi connectivity index (χ1n) is 5.88. The van der Waals surface area contributed by atoms with E-state index >= 15 is 0 Å². The SMILES string of the molecule is COc1ccc([N+](=O)[O-])c(CC(=O)c2ccccc2)n1. The lowest BCUT2D eigenvalue weighted by Gasteiger charge is -2.04. The Kier molecular flexibility index (Phi) is 4.05. The Morgan fingerprint density at radius 2 is 1.95 bits per heavy atom. The summed E-state index contributed by atoms with van der Waals surface area (Å²) in [5.41, 5.74) is 0.407. The van der Waals surface area contributed by atoms with Crippen LogP contribution in [0.25, 0.3) is 0 Å². The van der Waals surface area contributed by atoms with Crippen LogP contribution in [0.3, 0.4) is 0 Å². The highest BCUT2D eigenvalue weighted by Crippen LogP contribution is 2.21. The number of ether oxygens (including phenoxy) is 1. The van der Waals surface area contributed by atoms with Gasteiger partial charge in [-0.05, 0) is 0 Å². The highest BCUT2D eigenvalue weighted by Gasteiger charge is 2.19. The number of carbonyl (C=O) groups excluding carboxylic acids is 1. The molecule has 0 fully saturated rings. The van der Waals surface area contributed by atoms with Crippen molar-refractivity contribution in [2.45, 2.75) is 6.42 Å². The summed E-state index contributed by atoms with van der Waals surface area (Å²) in [7, 11) is 1.41. The molecule has 0 spiro atoms. The maximum Gasteiger partial charge on any atom is 0.291 e. The van der Waals surface area contributed by atoms with Crippen molar-refractivity contribution in [1.29, 1.82) is 0 Å². The predicted molar refractivity (Wildman–Crippen MR) is 71.9 cm³/mol. The van der Waals surface area contributed by atoms with Crippen molar-refractivity contribution in [2.24, 2.45) is 0 Å². The van der Waals surface area contributed by atoms with Crippen LogP contribution in [0.5, 0.6) is 5.88 Å². The van der Waals surface area contributed by atoms with Crippen molar-refractivity contribution in [3.8, 4) is 5.88 Å². The smallest absolute Gasteiger partial charge is 0.291 e. The Morgan fingerprint density at radius 1 is 1.25 bits per heavy atom. The van der Waals surface area contributed by atoms with Crippen molar-refractivity contribution in [3.05, 3.63) is 63.8 Å². The summed E-state index contributed by atoms with van der Waals surface area (Å²) >= 11 is 0. The van der Waals surface area contributed by atoms with Crippen LogP contribution in [0.2, 0.25) is 0 Å². The number of carbonyl (C=O) groups is 1. The lowest BCUT2D eigenvalue weighted by molar-refractivity contribution is -0.385. The Bertz CT molecular complexity index is 641. The molecule has 6 heteroatoms. The van der Waals surface area contributed by atoms with Gasteiger partial charge in [0.25, 0.3) is 5.69 Å². The number of ketones is 1. The van der Waals surface area contributed by atoms with E-state index in [2.05, 4.69) is 4.98 Å². The third-order valence-corrected chi connectivity index (χ3v) is 2.75. The van der Waals surface area contributed by atoms with Crippen LogP contribution in [-0.4, -0.2) is 22.8 Å². The number of hydrogen-bond acceptors (Lipinski definition) is 5. The molecule has 0 atom stereocenters. The number of nitro groups is 1. The molecule has 2 rings (SSSR count). The van der Waals surface area contributed by atoms with Gasteiger partial charge in [0.1, 0.15) is 5.69 Å². The molecule has 0 aliphatic carbocycles. The number of pyridine rings is 1. The second-order valence-electron chi connectivity index (χ2n) is 4.04. The molecule has 0 radical (unpaired) electrons. The minimum atomic E-state index is -0.556. The van der Waals surface area contributed by atoms with Crippen molar-refractivity contribution >= 4 is 11.5 Å². The second-order valence-corrected chi connectivity index (χ2v) is 4.04. The molecule has 0 bridgehead atoms. The quantitative estimate of drug-likeness (QED) is 0.474. The van der Waals surface area contributed by atoms with E-state index in [0.29, 0.717) is 5.56 Å². The molecule has 0 N–H and O–H groups in total. The van der Waals surface area contributed by atoms with Crippen molar-refractivity contribution in [2.75, 3.05) is 7.11 Å². The normalized spacial score (nSPS) is 10.1. The van der Waals surface area contributed by atoms with Crippen molar-refractivity contribution < 1.29 is 14.5 Å². The highest BCUT2D eigenvalue weighted by molar-refractivity contribution is 5.97. The average Bonchev–Trinajstić information content (AvgIpc) is 2.47. The van der Waals surface area contributed by atoms with E-state index in [1.54, 1.807) is 30.3 Å². The van der Waals surface area contributed by atoms with Gasteiger partial charge in [-0.2, -0.15) is 0 Å². The van der Waals surface area contributed by atoms with Crippen LogP contribution in [-0.2, 0) is 6.42 Å². The summed E-state index contributed by atoms with van der Waals surface area (Å²) in [6, 6.07) is 11.3. The summed E-state index contributed by atoms with van der Waals surface area (Å²) in [5.74, 6) is 0.0147. The summed E-state index contributed by atoms with van der Waals surface area (Å²) in [5, 5.41) is 11.0. The minimum Gasteiger partial charge on any atom is -0.481 e. The molecule has 0 unspecified atom stereocenters. The number of nitrogens with zero attached hydrogens (tertiary/aromatic N) is 2. The third-order valence-electron chi connectivity index (χ3n) is 2.75. The molecular formula is C14H12N2O4. The Morgan fingerprint density at radius 3 is 2.55 bits per heavy atom. The molecule has 0 aliphatic rings. The van der Waals surface area contributed by atoms with E-state index < -0.39 is 4.92 Å². The molecule has 0 saturated carbocycles. The lowest BCUT2D eigenvalue weighted by Crippen LogP contribution is -2.08. The molecule has 1 aromatic carbocycles. The van der Waals surface area contributed by atoms with Gasteiger partial charge in [0.15, 0.2) is 5.78 Å². The summed E-state index contributed by atoms with van der Waals surface area (Å²) in [6.07, 6.45) is -0.141. The average molecular weight is 272 g/mol. The van der Waals surface area contributed by atoms with Gasteiger partial charge in [-0.25, -0.2) is 4.98 Å². The van der Waals surface area contributed by atoms with Crippen LogP contribution in [0, 0.1) is 10.1 Å². The molecule has 1 aromatic heterocycles. The number of hydrogen-bond donors (Lipinski definition) is 0. The molecule has 0 aliphatic heterocycles. The van der Waals surface area contributed by atoms with Gasteiger partial charge in [0, 0.05) is 17.7 Å². The lowest BCUT2D eigenvalue weighted by atomic mass is 10.1. The molecule has 20 heavy (non-hydrogen) atoms. The molecule has 0 saturated heterocycles.